The Morgan fingerprint density at radius 1 is 1.53 bits per heavy atom. The fraction of sp³-hybridized carbons (Fsp3) is 0.429. The van der Waals surface area contributed by atoms with Crippen molar-refractivity contribution in [3.8, 4) is 6.07 Å². The summed E-state index contributed by atoms with van der Waals surface area (Å²) in [5.41, 5.74) is 0.763. The number of nitriles is 1. The highest BCUT2D eigenvalue weighted by Gasteiger charge is 2.25. The highest BCUT2D eigenvalue weighted by atomic mass is 19.1. The molecule has 5 heteroatoms. The van der Waals surface area contributed by atoms with Gasteiger partial charge < -0.3 is 5.11 Å². The van der Waals surface area contributed by atoms with Crippen molar-refractivity contribution in [3.05, 3.63) is 35.1 Å². The van der Waals surface area contributed by atoms with Gasteiger partial charge in [0.25, 0.3) is 0 Å². The van der Waals surface area contributed by atoms with Crippen LogP contribution in [-0.2, 0) is 11.3 Å². The number of rotatable bonds is 6. The molecule has 1 aromatic rings. The molecule has 0 radical (unpaired) electrons. The molecule has 1 aliphatic carbocycles. The van der Waals surface area contributed by atoms with E-state index in [4.69, 9.17) is 10.4 Å². The molecule has 1 fully saturated rings. The minimum Gasteiger partial charge on any atom is -0.480 e. The summed E-state index contributed by atoms with van der Waals surface area (Å²) in [5, 5.41) is 17.7. The zero-order chi connectivity index (χ0) is 13.8. The van der Waals surface area contributed by atoms with E-state index in [1.807, 2.05) is 6.07 Å². The first-order valence-corrected chi connectivity index (χ1v) is 6.21. The summed E-state index contributed by atoms with van der Waals surface area (Å²) in [7, 11) is 0. The van der Waals surface area contributed by atoms with Crippen LogP contribution < -0.4 is 0 Å². The number of halogens is 1. The molecule has 0 saturated heterocycles. The summed E-state index contributed by atoms with van der Waals surface area (Å²) >= 11 is 0. The molecule has 100 valence electrons. The van der Waals surface area contributed by atoms with Gasteiger partial charge in [-0.2, -0.15) is 5.26 Å². The third-order valence-electron chi connectivity index (χ3n) is 3.14. The van der Waals surface area contributed by atoms with Crippen LogP contribution in [0.5, 0.6) is 0 Å². The van der Waals surface area contributed by atoms with Crippen molar-refractivity contribution in [1.82, 2.24) is 4.90 Å². The zero-order valence-electron chi connectivity index (χ0n) is 10.5. The van der Waals surface area contributed by atoms with E-state index in [0.717, 1.165) is 12.8 Å². The first-order chi connectivity index (χ1) is 9.08. The molecule has 1 aromatic carbocycles. The second kappa shape index (κ2) is 5.81. The second-order valence-corrected chi connectivity index (χ2v) is 4.92. The van der Waals surface area contributed by atoms with Crippen molar-refractivity contribution in [1.29, 1.82) is 5.26 Å². The minimum atomic E-state index is -0.919. The van der Waals surface area contributed by atoms with Gasteiger partial charge in [0.2, 0.25) is 0 Å². The Morgan fingerprint density at radius 3 is 2.84 bits per heavy atom. The summed E-state index contributed by atoms with van der Waals surface area (Å²) in [4.78, 5) is 12.5. The Hall–Kier alpha value is -1.93. The normalized spacial score (nSPS) is 14.4. The molecule has 0 heterocycles. The van der Waals surface area contributed by atoms with Crippen LogP contribution in [0.15, 0.2) is 18.2 Å². The number of aliphatic carboxylic acids is 1. The van der Waals surface area contributed by atoms with Crippen LogP contribution in [0.3, 0.4) is 0 Å². The van der Waals surface area contributed by atoms with Crippen LogP contribution in [0.2, 0.25) is 0 Å². The summed E-state index contributed by atoms with van der Waals surface area (Å²) in [5.74, 6) is -0.788. The maximum atomic E-state index is 13.7. The van der Waals surface area contributed by atoms with E-state index in [-0.39, 0.29) is 13.1 Å². The highest BCUT2D eigenvalue weighted by Crippen LogP contribution is 2.30. The van der Waals surface area contributed by atoms with Crippen molar-refractivity contribution in [3.63, 3.8) is 0 Å². The van der Waals surface area contributed by atoms with Gasteiger partial charge in [0.15, 0.2) is 0 Å². The van der Waals surface area contributed by atoms with Gasteiger partial charge in [0.05, 0.1) is 18.2 Å². The van der Waals surface area contributed by atoms with Crippen LogP contribution in [0, 0.1) is 23.1 Å². The van der Waals surface area contributed by atoms with Gasteiger partial charge in [-0.05, 0) is 37.0 Å². The highest BCUT2D eigenvalue weighted by molar-refractivity contribution is 5.69. The summed E-state index contributed by atoms with van der Waals surface area (Å²) < 4.78 is 13.7. The fourth-order valence-electron chi connectivity index (χ4n) is 2.05. The third-order valence-corrected chi connectivity index (χ3v) is 3.14. The number of carboxylic acid groups (broad SMARTS) is 1. The van der Waals surface area contributed by atoms with Gasteiger partial charge in [-0.3, -0.25) is 9.69 Å². The number of hydrogen-bond acceptors (Lipinski definition) is 3. The lowest BCUT2D eigenvalue weighted by atomic mass is 10.1. The number of carbonyl (C=O) groups is 1. The molecule has 0 unspecified atom stereocenters. The van der Waals surface area contributed by atoms with Gasteiger partial charge in [-0.25, -0.2) is 4.39 Å². The minimum absolute atomic E-state index is 0.104. The molecule has 1 aliphatic rings. The predicted molar refractivity (Wildman–Crippen MR) is 66.8 cm³/mol. The standard InChI is InChI=1S/C14H15FN2O2/c15-13-4-3-11(6-16)5-12(13)8-17(9-14(18)19)7-10-1-2-10/h3-5,10H,1-2,7-9H2,(H,18,19). The van der Waals surface area contributed by atoms with Crippen molar-refractivity contribution in [2.45, 2.75) is 19.4 Å². The Kier molecular flexibility index (Phi) is 4.13. The van der Waals surface area contributed by atoms with E-state index in [1.54, 1.807) is 4.90 Å². The maximum Gasteiger partial charge on any atom is 0.317 e. The van der Waals surface area contributed by atoms with Gasteiger partial charge >= 0.3 is 5.97 Å². The first-order valence-electron chi connectivity index (χ1n) is 6.21. The van der Waals surface area contributed by atoms with Crippen molar-refractivity contribution in [2.24, 2.45) is 5.92 Å². The average molecular weight is 262 g/mol. The smallest absolute Gasteiger partial charge is 0.317 e. The van der Waals surface area contributed by atoms with E-state index in [2.05, 4.69) is 0 Å². The van der Waals surface area contributed by atoms with Crippen LogP contribution in [0.4, 0.5) is 4.39 Å². The Labute approximate surface area is 111 Å². The molecule has 0 bridgehead atoms. The Morgan fingerprint density at radius 2 is 2.26 bits per heavy atom. The number of nitrogens with zero attached hydrogens (tertiary/aromatic N) is 2. The molecule has 2 rings (SSSR count). The van der Waals surface area contributed by atoms with E-state index in [9.17, 15) is 9.18 Å². The van der Waals surface area contributed by atoms with E-state index in [1.165, 1.54) is 18.2 Å². The SMILES string of the molecule is N#Cc1ccc(F)c(CN(CC(=O)O)CC2CC2)c1. The summed E-state index contributed by atoms with van der Waals surface area (Å²) in [6, 6.07) is 6.12. The molecule has 19 heavy (non-hydrogen) atoms. The molecule has 1 N–H and O–H groups in total. The number of benzene rings is 1. The molecule has 0 atom stereocenters. The Bertz CT molecular complexity index is 521. The van der Waals surface area contributed by atoms with Gasteiger partial charge in [-0.15, -0.1) is 0 Å². The monoisotopic (exact) mass is 262 g/mol. The van der Waals surface area contributed by atoms with Crippen LogP contribution in [0.25, 0.3) is 0 Å². The maximum absolute atomic E-state index is 13.7. The largest absolute Gasteiger partial charge is 0.480 e. The summed E-state index contributed by atoms with van der Waals surface area (Å²) in [6.07, 6.45) is 2.22. The van der Waals surface area contributed by atoms with Gasteiger partial charge in [-0.1, -0.05) is 0 Å². The van der Waals surface area contributed by atoms with Gasteiger partial charge in [0, 0.05) is 18.7 Å². The molecule has 0 amide bonds. The number of hydrogen-bond donors (Lipinski definition) is 1. The summed E-state index contributed by atoms with van der Waals surface area (Å²) in [6.45, 7) is 0.791. The van der Waals surface area contributed by atoms with Crippen LogP contribution in [-0.4, -0.2) is 29.1 Å². The first kappa shape index (κ1) is 13.5. The second-order valence-electron chi connectivity index (χ2n) is 4.92. The van der Waals surface area contributed by atoms with Crippen LogP contribution in [0.1, 0.15) is 24.0 Å². The van der Waals surface area contributed by atoms with Gasteiger partial charge in [0.1, 0.15) is 5.82 Å². The zero-order valence-corrected chi connectivity index (χ0v) is 10.5. The predicted octanol–water partition coefficient (Wildman–Crippen LogP) is 1.99. The molecule has 0 spiro atoms. The van der Waals surface area contributed by atoms with Crippen molar-refractivity contribution < 1.29 is 14.3 Å². The quantitative estimate of drug-likeness (QED) is 0.851. The molecule has 0 aromatic heterocycles. The molecule has 4 nitrogen and oxygen atoms in total. The van der Waals surface area contributed by atoms with E-state index in [0.29, 0.717) is 23.6 Å². The molecule has 1 saturated carbocycles. The van der Waals surface area contributed by atoms with Crippen LogP contribution >= 0.6 is 0 Å². The lowest BCUT2D eigenvalue weighted by Gasteiger charge is -2.20. The lowest BCUT2D eigenvalue weighted by molar-refractivity contribution is -0.138. The molecular weight excluding hydrogens is 247 g/mol. The topological polar surface area (TPSA) is 64.3 Å². The Balaban J connectivity index is 2.10. The van der Waals surface area contributed by atoms with E-state index >= 15 is 0 Å². The fourth-order valence-corrected chi connectivity index (χ4v) is 2.05. The lowest BCUT2D eigenvalue weighted by Crippen LogP contribution is -2.31. The van der Waals surface area contributed by atoms with E-state index < -0.39 is 11.8 Å². The van der Waals surface area contributed by atoms with Crippen molar-refractivity contribution in [2.75, 3.05) is 13.1 Å². The molecule has 0 aliphatic heterocycles. The average Bonchev–Trinajstić information content (AvgIpc) is 3.15. The molecular formula is C14H15FN2O2. The van der Waals surface area contributed by atoms with Crippen molar-refractivity contribution >= 4 is 5.97 Å². The number of carboxylic acids is 1. The third kappa shape index (κ3) is 4.04.